The Morgan fingerprint density at radius 2 is 1.90 bits per heavy atom. The van der Waals surface area contributed by atoms with Crippen LogP contribution in [0.25, 0.3) is 0 Å². The smallest absolute Gasteiger partial charge is 0.244 e. The Hall–Kier alpha value is -0.960. The summed E-state index contributed by atoms with van der Waals surface area (Å²) in [4.78, 5) is 2.34. The highest BCUT2D eigenvalue weighted by molar-refractivity contribution is 7.89. The van der Waals surface area contributed by atoms with Crippen molar-refractivity contribution in [2.45, 2.75) is 31.7 Å². The van der Waals surface area contributed by atoms with Crippen molar-refractivity contribution in [2.75, 3.05) is 40.8 Å². The van der Waals surface area contributed by atoms with Crippen molar-refractivity contribution in [2.24, 2.45) is 0 Å². The molecule has 0 unspecified atom stereocenters. The quantitative estimate of drug-likeness (QED) is 0.624. The van der Waals surface area contributed by atoms with Crippen molar-refractivity contribution in [1.82, 2.24) is 24.7 Å². The second kappa shape index (κ2) is 7.88. The number of aryl methyl sites for hydroxylation is 1. The van der Waals surface area contributed by atoms with Crippen LogP contribution >= 0.6 is 0 Å². The second-order valence-corrected chi connectivity index (χ2v) is 7.09. The molecule has 0 saturated heterocycles. The van der Waals surface area contributed by atoms with E-state index in [0.29, 0.717) is 29.4 Å². The number of hydrogen-bond acceptors (Lipinski definition) is 5. The second-order valence-electron chi connectivity index (χ2n) is 5.38. The Labute approximate surface area is 127 Å². The Kier molecular flexibility index (Phi) is 6.79. The van der Waals surface area contributed by atoms with Gasteiger partial charge in [0.1, 0.15) is 4.90 Å². The van der Waals surface area contributed by atoms with E-state index in [4.69, 9.17) is 0 Å². The molecule has 0 fully saturated rings. The van der Waals surface area contributed by atoms with Crippen LogP contribution in [0.5, 0.6) is 0 Å². The molecule has 1 aromatic heterocycles. The van der Waals surface area contributed by atoms with Crippen molar-refractivity contribution >= 4 is 10.0 Å². The van der Waals surface area contributed by atoms with Crippen LogP contribution in [0.1, 0.15) is 17.8 Å². The third-order valence-electron chi connectivity index (χ3n) is 3.23. The Bertz CT molecular complexity index is 551. The van der Waals surface area contributed by atoms with Crippen LogP contribution in [0.4, 0.5) is 0 Å². The summed E-state index contributed by atoms with van der Waals surface area (Å²) < 4.78 is 29.2. The molecule has 8 heteroatoms. The number of rotatable bonds is 9. The first kappa shape index (κ1) is 18.1. The number of hydrogen-bond donors (Lipinski definition) is 2. The number of aromatic nitrogens is 2. The van der Waals surface area contributed by atoms with E-state index in [1.54, 1.807) is 18.5 Å². The third kappa shape index (κ3) is 5.06. The lowest BCUT2D eigenvalue weighted by atomic mass is 10.4. The molecule has 0 bridgehead atoms. The summed E-state index contributed by atoms with van der Waals surface area (Å²) in [5.74, 6) is 0. The first-order valence-corrected chi connectivity index (χ1v) is 8.61. The zero-order valence-electron chi connectivity index (χ0n) is 13.6. The molecule has 0 aliphatic heterocycles. The van der Waals surface area contributed by atoms with Crippen LogP contribution in [0.2, 0.25) is 0 Å². The molecule has 2 N–H and O–H groups in total. The highest BCUT2D eigenvalue weighted by Gasteiger charge is 2.23. The van der Waals surface area contributed by atoms with Crippen LogP contribution in [0.15, 0.2) is 4.90 Å². The Balaban J connectivity index is 2.80. The van der Waals surface area contributed by atoms with Gasteiger partial charge in [-0.2, -0.15) is 5.10 Å². The standard InChI is InChI=1S/C13H27N5O2S/c1-11-13(12(2)18(16-11)10-8-14-3)21(19,20)15-7-6-9-17(4)5/h14-15H,6-10H2,1-5H3. The Morgan fingerprint density at radius 1 is 1.24 bits per heavy atom. The van der Waals surface area contributed by atoms with E-state index in [0.717, 1.165) is 19.5 Å². The molecular formula is C13H27N5O2S. The average molecular weight is 317 g/mol. The fourth-order valence-corrected chi connectivity index (χ4v) is 3.66. The van der Waals surface area contributed by atoms with Gasteiger partial charge < -0.3 is 10.2 Å². The molecule has 0 saturated carbocycles. The molecule has 1 rings (SSSR count). The molecule has 0 aromatic carbocycles. The van der Waals surface area contributed by atoms with Crippen LogP contribution < -0.4 is 10.0 Å². The van der Waals surface area contributed by atoms with Gasteiger partial charge in [-0.15, -0.1) is 0 Å². The van der Waals surface area contributed by atoms with Crippen molar-refractivity contribution in [3.05, 3.63) is 11.4 Å². The average Bonchev–Trinajstić information content (AvgIpc) is 2.67. The summed E-state index contributed by atoms with van der Waals surface area (Å²) in [5.41, 5.74) is 1.23. The van der Waals surface area contributed by atoms with E-state index in [1.807, 2.05) is 26.0 Å². The summed E-state index contributed by atoms with van der Waals surface area (Å²) in [6.07, 6.45) is 0.776. The predicted molar refractivity (Wildman–Crippen MR) is 84.0 cm³/mol. The van der Waals surface area contributed by atoms with Crippen LogP contribution in [0.3, 0.4) is 0 Å². The van der Waals surface area contributed by atoms with Crippen molar-refractivity contribution < 1.29 is 8.42 Å². The monoisotopic (exact) mass is 317 g/mol. The number of likely N-dealkylation sites (N-methyl/N-ethyl adjacent to an activating group) is 1. The maximum absolute atomic E-state index is 12.4. The van der Waals surface area contributed by atoms with Gasteiger partial charge in [-0.3, -0.25) is 4.68 Å². The predicted octanol–water partition coefficient (Wildman–Crippen LogP) is -0.0507. The minimum Gasteiger partial charge on any atom is -0.318 e. The molecule has 7 nitrogen and oxygen atoms in total. The summed E-state index contributed by atoms with van der Waals surface area (Å²) in [5, 5.41) is 7.35. The summed E-state index contributed by atoms with van der Waals surface area (Å²) >= 11 is 0. The molecule has 1 heterocycles. The molecule has 0 aliphatic carbocycles. The molecule has 0 radical (unpaired) electrons. The first-order valence-electron chi connectivity index (χ1n) is 7.12. The van der Waals surface area contributed by atoms with Gasteiger partial charge in [-0.1, -0.05) is 0 Å². The van der Waals surface area contributed by atoms with E-state index in [2.05, 4.69) is 15.1 Å². The van der Waals surface area contributed by atoms with E-state index in [9.17, 15) is 8.42 Å². The zero-order valence-corrected chi connectivity index (χ0v) is 14.4. The van der Waals surface area contributed by atoms with Gasteiger partial charge in [0.2, 0.25) is 10.0 Å². The lowest BCUT2D eigenvalue weighted by molar-refractivity contribution is 0.400. The van der Waals surface area contributed by atoms with Crippen molar-refractivity contribution in [3.63, 3.8) is 0 Å². The normalized spacial score (nSPS) is 12.3. The maximum atomic E-state index is 12.4. The number of sulfonamides is 1. The van der Waals surface area contributed by atoms with E-state index in [1.165, 1.54) is 0 Å². The van der Waals surface area contributed by atoms with Gasteiger partial charge in [0.25, 0.3) is 0 Å². The topological polar surface area (TPSA) is 79.3 Å². The summed E-state index contributed by atoms with van der Waals surface area (Å²) in [7, 11) is 2.29. The molecular weight excluding hydrogens is 290 g/mol. The van der Waals surface area contributed by atoms with Crippen LogP contribution in [0, 0.1) is 13.8 Å². The highest BCUT2D eigenvalue weighted by atomic mass is 32.2. The lowest BCUT2D eigenvalue weighted by Gasteiger charge is -2.10. The summed E-state index contributed by atoms with van der Waals surface area (Å²) in [6.45, 7) is 6.21. The van der Waals surface area contributed by atoms with Gasteiger partial charge in [0, 0.05) is 13.1 Å². The molecule has 21 heavy (non-hydrogen) atoms. The van der Waals surface area contributed by atoms with Gasteiger partial charge in [-0.05, 0) is 48.0 Å². The fourth-order valence-electron chi connectivity index (χ4n) is 2.18. The van der Waals surface area contributed by atoms with Crippen molar-refractivity contribution in [1.29, 1.82) is 0 Å². The third-order valence-corrected chi connectivity index (χ3v) is 4.94. The van der Waals surface area contributed by atoms with Crippen LogP contribution in [-0.2, 0) is 16.6 Å². The fraction of sp³-hybridized carbons (Fsp3) is 0.769. The molecule has 0 spiro atoms. The minimum atomic E-state index is -3.50. The molecule has 122 valence electrons. The summed E-state index contributed by atoms with van der Waals surface area (Å²) in [6, 6.07) is 0. The SMILES string of the molecule is CNCCn1nc(C)c(S(=O)(=O)NCCCN(C)C)c1C. The van der Waals surface area contributed by atoms with Gasteiger partial charge >= 0.3 is 0 Å². The molecule has 0 amide bonds. The van der Waals surface area contributed by atoms with Gasteiger partial charge in [0.05, 0.1) is 17.9 Å². The van der Waals surface area contributed by atoms with E-state index >= 15 is 0 Å². The maximum Gasteiger partial charge on any atom is 0.244 e. The largest absolute Gasteiger partial charge is 0.318 e. The minimum absolute atomic E-state index is 0.309. The van der Waals surface area contributed by atoms with Crippen molar-refractivity contribution in [3.8, 4) is 0 Å². The number of nitrogens with zero attached hydrogens (tertiary/aromatic N) is 3. The molecule has 1 aromatic rings. The molecule has 0 aliphatic rings. The Morgan fingerprint density at radius 3 is 2.48 bits per heavy atom. The lowest BCUT2D eigenvalue weighted by Crippen LogP contribution is -2.28. The van der Waals surface area contributed by atoms with E-state index in [-0.39, 0.29) is 0 Å². The van der Waals surface area contributed by atoms with Gasteiger partial charge in [-0.25, -0.2) is 13.1 Å². The first-order chi connectivity index (χ1) is 9.79. The van der Waals surface area contributed by atoms with E-state index < -0.39 is 10.0 Å². The van der Waals surface area contributed by atoms with Crippen LogP contribution in [-0.4, -0.2) is 63.9 Å². The zero-order chi connectivity index (χ0) is 16.0. The number of nitrogens with one attached hydrogen (secondary N) is 2. The highest BCUT2D eigenvalue weighted by Crippen LogP contribution is 2.18. The molecule has 0 atom stereocenters. The van der Waals surface area contributed by atoms with Gasteiger partial charge in [0.15, 0.2) is 0 Å².